The van der Waals surface area contributed by atoms with E-state index in [-0.39, 0.29) is 17.3 Å². The minimum atomic E-state index is -4.70. The van der Waals surface area contributed by atoms with E-state index >= 15 is 0 Å². The quantitative estimate of drug-likeness (QED) is 0.409. The van der Waals surface area contributed by atoms with E-state index in [0.29, 0.717) is 17.7 Å². The van der Waals surface area contributed by atoms with Crippen molar-refractivity contribution in [3.05, 3.63) is 67.0 Å². The molecule has 3 rings (SSSR count). The van der Waals surface area contributed by atoms with Gasteiger partial charge >= 0.3 is 6.18 Å². The lowest BCUT2D eigenvalue weighted by molar-refractivity contribution is -0.137. The van der Waals surface area contributed by atoms with Crippen LogP contribution in [0.1, 0.15) is 5.56 Å². The van der Waals surface area contributed by atoms with Crippen LogP contribution in [0, 0.1) is 0 Å². The van der Waals surface area contributed by atoms with Gasteiger partial charge in [-0.15, -0.1) is 0 Å². The van der Waals surface area contributed by atoms with Gasteiger partial charge in [0.05, 0.1) is 11.4 Å². The van der Waals surface area contributed by atoms with Gasteiger partial charge in [0, 0.05) is 31.2 Å². The Bertz CT molecular complexity index is 1100. The molecule has 0 aliphatic heterocycles. The topological polar surface area (TPSA) is 104 Å². The van der Waals surface area contributed by atoms with Gasteiger partial charge in [0.25, 0.3) is 0 Å². The third-order valence-corrected chi connectivity index (χ3v) is 3.99. The SMILES string of the molecule is C=CC(=O)Nc1ccccc1Nc1nc(Nc2ccnc(NC)c2)ncc1C(F)(F)F. The van der Waals surface area contributed by atoms with E-state index in [4.69, 9.17) is 0 Å². The number of nitrogens with zero attached hydrogens (tertiary/aromatic N) is 3. The summed E-state index contributed by atoms with van der Waals surface area (Å²) in [6.45, 7) is 3.36. The molecule has 2 aromatic heterocycles. The standard InChI is InChI=1S/C20H18F3N7O/c1-3-17(31)28-14-6-4-5-7-15(14)29-18-13(20(21,22)23)11-26-19(30-18)27-12-8-9-25-16(10-12)24-2/h3-11H,1H2,2H3,(H,28,31)(H3,24,25,26,27,29,30). The molecule has 0 saturated heterocycles. The fourth-order valence-corrected chi connectivity index (χ4v) is 2.53. The van der Waals surface area contributed by atoms with Crippen molar-refractivity contribution in [2.24, 2.45) is 0 Å². The number of anilines is 6. The summed E-state index contributed by atoms with van der Waals surface area (Å²) >= 11 is 0. The Hall–Kier alpha value is -4.15. The maximum Gasteiger partial charge on any atom is 0.421 e. The predicted octanol–water partition coefficient (Wildman–Crippen LogP) is 4.54. The second-order valence-electron chi connectivity index (χ2n) is 6.12. The maximum absolute atomic E-state index is 13.5. The molecule has 0 fully saturated rings. The molecule has 3 aromatic rings. The van der Waals surface area contributed by atoms with Gasteiger partial charge in [-0.25, -0.2) is 9.97 Å². The molecule has 4 N–H and O–H groups in total. The predicted molar refractivity (Wildman–Crippen MR) is 113 cm³/mol. The molecule has 1 amide bonds. The number of nitrogens with one attached hydrogen (secondary N) is 4. The zero-order valence-electron chi connectivity index (χ0n) is 16.3. The van der Waals surface area contributed by atoms with Crippen LogP contribution in [-0.4, -0.2) is 27.9 Å². The molecular weight excluding hydrogens is 411 g/mol. The molecule has 0 aliphatic carbocycles. The van der Waals surface area contributed by atoms with Crippen LogP contribution in [0.3, 0.4) is 0 Å². The molecule has 1 aromatic carbocycles. The van der Waals surface area contributed by atoms with Crippen molar-refractivity contribution in [1.29, 1.82) is 0 Å². The van der Waals surface area contributed by atoms with Crippen LogP contribution < -0.4 is 21.3 Å². The van der Waals surface area contributed by atoms with Crippen molar-refractivity contribution < 1.29 is 18.0 Å². The van der Waals surface area contributed by atoms with Crippen molar-refractivity contribution in [3.8, 4) is 0 Å². The first-order valence-corrected chi connectivity index (χ1v) is 8.94. The van der Waals surface area contributed by atoms with Crippen LogP contribution in [0.25, 0.3) is 0 Å². The second kappa shape index (κ2) is 9.11. The number of carbonyl (C=O) groups is 1. The number of amides is 1. The van der Waals surface area contributed by atoms with E-state index in [2.05, 4.69) is 42.8 Å². The van der Waals surface area contributed by atoms with Crippen molar-refractivity contribution in [2.75, 3.05) is 28.3 Å². The molecule has 31 heavy (non-hydrogen) atoms. The molecular formula is C20H18F3N7O. The molecule has 0 spiro atoms. The van der Waals surface area contributed by atoms with Crippen LogP contribution in [0.2, 0.25) is 0 Å². The first-order valence-electron chi connectivity index (χ1n) is 8.94. The van der Waals surface area contributed by atoms with Crippen molar-refractivity contribution >= 4 is 40.6 Å². The van der Waals surface area contributed by atoms with Crippen molar-refractivity contribution in [2.45, 2.75) is 6.18 Å². The van der Waals surface area contributed by atoms with Gasteiger partial charge in [0.15, 0.2) is 0 Å². The maximum atomic E-state index is 13.5. The molecule has 0 aliphatic rings. The number of carbonyl (C=O) groups excluding carboxylic acids is 1. The normalized spacial score (nSPS) is 10.8. The monoisotopic (exact) mass is 429 g/mol. The lowest BCUT2D eigenvalue weighted by Gasteiger charge is -2.17. The summed E-state index contributed by atoms with van der Waals surface area (Å²) in [5.74, 6) is -0.486. The number of alkyl halides is 3. The highest BCUT2D eigenvalue weighted by atomic mass is 19.4. The number of hydrogen-bond acceptors (Lipinski definition) is 7. The van der Waals surface area contributed by atoms with Gasteiger partial charge in [-0.2, -0.15) is 18.2 Å². The van der Waals surface area contributed by atoms with Gasteiger partial charge in [0.1, 0.15) is 17.2 Å². The van der Waals surface area contributed by atoms with Crippen molar-refractivity contribution in [1.82, 2.24) is 15.0 Å². The number of aromatic nitrogens is 3. The highest BCUT2D eigenvalue weighted by Gasteiger charge is 2.35. The van der Waals surface area contributed by atoms with Crippen molar-refractivity contribution in [3.63, 3.8) is 0 Å². The first kappa shape index (κ1) is 21.6. The van der Waals surface area contributed by atoms with E-state index < -0.39 is 23.5 Å². The highest BCUT2D eigenvalue weighted by Crippen LogP contribution is 2.36. The zero-order valence-corrected chi connectivity index (χ0v) is 16.3. The Labute approximate surface area is 175 Å². The van der Waals surface area contributed by atoms with Gasteiger partial charge in [0.2, 0.25) is 11.9 Å². The number of para-hydroxylation sites is 2. The summed E-state index contributed by atoms with van der Waals surface area (Å²) in [4.78, 5) is 23.5. The summed E-state index contributed by atoms with van der Waals surface area (Å²) in [6, 6.07) is 9.55. The van der Waals surface area contributed by atoms with Crippen LogP contribution in [0.4, 0.5) is 47.8 Å². The molecule has 2 heterocycles. The minimum absolute atomic E-state index is 0.0589. The average Bonchev–Trinajstić information content (AvgIpc) is 2.74. The smallest absolute Gasteiger partial charge is 0.373 e. The first-order chi connectivity index (χ1) is 14.8. The average molecular weight is 429 g/mol. The Balaban J connectivity index is 1.97. The molecule has 0 radical (unpaired) electrons. The van der Waals surface area contributed by atoms with Crippen LogP contribution in [0.15, 0.2) is 61.4 Å². The third-order valence-electron chi connectivity index (χ3n) is 3.99. The van der Waals surface area contributed by atoms with E-state index in [1.165, 1.54) is 18.3 Å². The van der Waals surface area contributed by atoms with Gasteiger partial charge < -0.3 is 21.3 Å². The molecule has 0 saturated carbocycles. The van der Waals surface area contributed by atoms with Crippen LogP contribution >= 0.6 is 0 Å². The van der Waals surface area contributed by atoms with Crippen LogP contribution in [0.5, 0.6) is 0 Å². The van der Waals surface area contributed by atoms with Gasteiger partial charge in [-0.3, -0.25) is 4.79 Å². The Kier molecular flexibility index (Phi) is 6.34. The van der Waals surface area contributed by atoms with E-state index in [9.17, 15) is 18.0 Å². The van der Waals surface area contributed by atoms with E-state index in [1.807, 2.05) is 0 Å². The Morgan fingerprint density at radius 1 is 1.10 bits per heavy atom. The van der Waals surface area contributed by atoms with Gasteiger partial charge in [-0.1, -0.05) is 18.7 Å². The fraction of sp³-hybridized carbons (Fsp3) is 0.100. The number of benzene rings is 1. The second-order valence-corrected chi connectivity index (χ2v) is 6.12. The molecule has 160 valence electrons. The van der Waals surface area contributed by atoms with E-state index in [1.54, 1.807) is 31.3 Å². The van der Waals surface area contributed by atoms with Gasteiger partial charge in [-0.05, 0) is 24.3 Å². The summed E-state index contributed by atoms with van der Waals surface area (Å²) in [5, 5.41) is 10.9. The lowest BCUT2D eigenvalue weighted by Crippen LogP contribution is -2.14. The Morgan fingerprint density at radius 2 is 1.84 bits per heavy atom. The number of rotatable bonds is 7. The molecule has 8 nitrogen and oxygen atoms in total. The highest BCUT2D eigenvalue weighted by molar-refractivity contribution is 6.01. The van der Waals surface area contributed by atoms with Crippen LogP contribution in [-0.2, 0) is 11.0 Å². The molecule has 0 atom stereocenters. The Morgan fingerprint density at radius 3 is 2.52 bits per heavy atom. The third kappa shape index (κ3) is 5.47. The summed E-state index contributed by atoms with van der Waals surface area (Å²) < 4.78 is 40.6. The number of halogens is 3. The number of pyridine rings is 1. The minimum Gasteiger partial charge on any atom is -0.373 e. The summed E-state index contributed by atoms with van der Waals surface area (Å²) in [5.41, 5.74) is -0.0482. The zero-order chi connectivity index (χ0) is 22.4. The molecule has 0 bridgehead atoms. The van der Waals surface area contributed by atoms with E-state index in [0.717, 1.165) is 6.08 Å². The summed E-state index contributed by atoms with van der Waals surface area (Å²) in [7, 11) is 1.69. The molecule has 0 unspecified atom stereocenters. The summed E-state index contributed by atoms with van der Waals surface area (Å²) in [6.07, 6.45) is -1.44. The molecule has 11 heteroatoms. The largest absolute Gasteiger partial charge is 0.421 e. The fourth-order valence-electron chi connectivity index (χ4n) is 2.53. The lowest BCUT2D eigenvalue weighted by atomic mass is 10.2. The number of hydrogen-bond donors (Lipinski definition) is 4.